The molecule has 34 heavy (non-hydrogen) atoms. The zero-order chi connectivity index (χ0) is 23.3. The third kappa shape index (κ3) is 5.13. The third-order valence-corrected chi connectivity index (χ3v) is 6.45. The second-order valence-electron chi connectivity index (χ2n) is 8.66. The van der Waals surface area contributed by atoms with Crippen molar-refractivity contribution < 1.29 is 9.13 Å². The summed E-state index contributed by atoms with van der Waals surface area (Å²) in [7, 11) is 0. The van der Waals surface area contributed by atoms with E-state index in [4.69, 9.17) is 4.74 Å². The minimum Gasteiger partial charge on any atom is -0.487 e. The van der Waals surface area contributed by atoms with E-state index in [9.17, 15) is 9.18 Å². The van der Waals surface area contributed by atoms with Crippen molar-refractivity contribution in [3.05, 3.63) is 106 Å². The highest BCUT2D eigenvalue weighted by molar-refractivity contribution is 5.87. The zero-order valence-electron chi connectivity index (χ0n) is 19.0. The summed E-state index contributed by atoms with van der Waals surface area (Å²) in [6.07, 6.45) is 0.887. The van der Waals surface area contributed by atoms with Gasteiger partial charge in [-0.05, 0) is 53.9 Å². The number of nitrogens with one attached hydrogen (secondary N) is 1. The van der Waals surface area contributed by atoms with Crippen molar-refractivity contribution in [2.45, 2.75) is 13.0 Å². The van der Waals surface area contributed by atoms with E-state index in [-0.39, 0.29) is 11.4 Å². The molecule has 1 fully saturated rings. The average molecular weight is 458 g/mol. The van der Waals surface area contributed by atoms with Crippen LogP contribution in [0.25, 0.3) is 10.9 Å². The summed E-state index contributed by atoms with van der Waals surface area (Å²) in [4.78, 5) is 19.8. The van der Waals surface area contributed by atoms with Gasteiger partial charge in [0, 0.05) is 49.9 Å². The van der Waals surface area contributed by atoms with Crippen LogP contribution in [0.1, 0.15) is 11.1 Å². The maximum atomic E-state index is 13.2. The first-order valence-corrected chi connectivity index (χ1v) is 11.7. The molecule has 0 radical (unpaired) electrons. The molecule has 0 atom stereocenters. The molecule has 174 valence electrons. The molecule has 0 saturated carbocycles. The largest absolute Gasteiger partial charge is 0.487 e. The number of pyridine rings is 1. The van der Waals surface area contributed by atoms with Gasteiger partial charge >= 0.3 is 0 Å². The van der Waals surface area contributed by atoms with Crippen molar-refractivity contribution >= 4 is 16.6 Å². The van der Waals surface area contributed by atoms with Crippen molar-refractivity contribution in [2.24, 2.45) is 0 Å². The second kappa shape index (κ2) is 10.1. The van der Waals surface area contributed by atoms with Crippen molar-refractivity contribution in [1.29, 1.82) is 0 Å². The number of fused-ring (bicyclic) bond motifs is 1. The van der Waals surface area contributed by atoms with Crippen molar-refractivity contribution in [3.8, 4) is 5.75 Å². The van der Waals surface area contributed by atoms with Gasteiger partial charge in [-0.1, -0.05) is 36.4 Å². The van der Waals surface area contributed by atoms with Crippen LogP contribution in [0.3, 0.4) is 0 Å². The predicted octanol–water partition coefficient (Wildman–Crippen LogP) is 4.61. The Kier molecular flexibility index (Phi) is 6.58. The Balaban J connectivity index is 1.24. The number of aromatic amines is 1. The molecular weight excluding hydrogens is 429 g/mol. The van der Waals surface area contributed by atoms with Gasteiger partial charge in [0.1, 0.15) is 18.2 Å². The topological polar surface area (TPSA) is 48.6 Å². The Morgan fingerprint density at radius 2 is 1.62 bits per heavy atom. The smallest absolute Gasteiger partial charge is 0.248 e. The van der Waals surface area contributed by atoms with Crippen LogP contribution >= 0.6 is 0 Å². The lowest BCUT2D eigenvalue weighted by Gasteiger charge is -2.36. The summed E-state index contributed by atoms with van der Waals surface area (Å²) >= 11 is 0. The molecule has 1 saturated heterocycles. The first-order chi connectivity index (χ1) is 16.7. The first-order valence-electron chi connectivity index (χ1n) is 11.7. The van der Waals surface area contributed by atoms with Gasteiger partial charge in [0.25, 0.3) is 0 Å². The summed E-state index contributed by atoms with van der Waals surface area (Å²) in [6, 6.07) is 24.3. The molecule has 4 aromatic rings. The molecular formula is C28H28FN3O2. The van der Waals surface area contributed by atoms with Gasteiger partial charge in [0.05, 0.1) is 5.52 Å². The van der Waals surface area contributed by atoms with E-state index in [2.05, 4.69) is 20.9 Å². The van der Waals surface area contributed by atoms with Crippen LogP contribution in [0.2, 0.25) is 0 Å². The maximum absolute atomic E-state index is 13.2. The van der Waals surface area contributed by atoms with E-state index in [0.29, 0.717) is 12.4 Å². The standard InChI is InChI=1S/C28H28FN3O2/c29-23-7-9-24(10-8-23)32-18-16-31(17-19-32)15-14-22-6-12-26(28-25(22)11-13-27(33)30-28)34-20-21-4-2-1-3-5-21/h1-13H,14-20H2,(H,30,33). The molecule has 6 heteroatoms. The minimum atomic E-state index is -0.201. The fourth-order valence-electron chi connectivity index (χ4n) is 4.52. The molecule has 0 unspecified atom stereocenters. The number of hydrogen-bond acceptors (Lipinski definition) is 4. The van der Waals surface area contributed by atoms with Crippen LogP contribution in [-0.4, -0.2) is 42.6 Å². The SMILES string of the molecule is O=c1ccc2c(CCN3CCN(c4ccc(F)cc4)CC3)ccc(OCc3ccccc3)c2[nH]1. The fraction of sp³-hybridized carbons (Fsp3) is 0.250. The molecule has 5 nitrogen and oxygen atoms in total. The Labute approximate surface area is 198 Å². The van der Waals surface area contributed by atoms with E-state index in [0.717, 1.165) is 61.3 Å². The van der Waals surface area contributed by atoms with E-state index >= 15 is 0 Å². The van der Waals surface area contributed by atoms with Crippen molar-refractivity contribution in [3.63, 3.8) is 0 Å². The highest BCUT2D eigenvalue weighted by atomic mass is 19.1. The molecule has 0 aliphatic carbocycles. The number of nitrogens with zero attached hydrogens (tertiary/aromatic N) is 2. The molecule has 0 amide bonds. The Bertz CT molecular complexity index is 1300. The number of ether oxygens (including phenoxy) is 1. The summed E-state index contributed by atoms with van der Waals surface area (Å²) in [6.45, 7) is 5.16. The molecule has 0 spiro atoms. The second-order valence-corrected chi connectivity index (χ2v) is 8.66. The summed E-state index contributed by atoms with van der Waals surface area (Å²) in [5, 5.41) is 1.02. The Hall–Kier alpha value is -3.64. The number of halogens is 1. The van der Waals surface area contributed by atoms with Gasteiger partial charge < -0.3 is 14.6 Å². The molecule has 1 N–H and O–H groups in total. The third-order valence-electron chi connectivity index (χ3n) is 6.45. The van der Waals surface area contributed by atoms with Gasteiger partial charge in [0.15, 0.2) is 0 Å². The van der Waals surface area contributed by atoms with Gasteiger partial charge in [0.2, 0.25) is 5.56 Å². The molecule has 1 aliphatic rings. The number of anilines is 1. The van der Waals surface area contributed by atoms with Gasteiger partial charge in [-0.15, -0.1) is 0 Å². The first kappa shape index (κ1) is 22.2. The van der Waals surface area contributed by atoms with Crippen LogP contribution in [0.5, 0.6) is 5.75 Å². The number of hydrogen-bond donors (Lipinski definition) is 1. The average Bonchev–Trinajstić information content (AvgIpc) is 2.88. The van der Waals surface area contributed by atoms with Crippen LogP contribution in [0, 0.1) is 5.82 Å². The number of H-pyrrole nitrogens is 1. The van der Waals surface area contributed by atoms with E-state index in [1.54, 1.807) is 6.07 Å². The molecule has 3 aromatic carbocycles. The van der Waals surface area contributed by atoms with Crippen molar-refractivity contribution in [1.82, 2.24) is 9.88 Å². The summed E-state index contributed by atoms with van der Waals surface area (Å²) < 4.78 is 19.3. The van der Waals surface area contributed by atoms with Gasteiger partial charge in [-0.2, -0.15) is 0 Å². The van der Waals surface area contributed by atoms with Gasteiger partial charge in [-0.3, -0.25) is 9.69 Å². The van der Waals surface area contributed by atoms with E-state index in [1.165, 1.54) is 17.7 Å². The molecule has 2 heterocycles. The Morgan fingerprint density at radius 3 is 2.38 bits per heavy atom. The monoisotopic (exact) mass is 457 g/mol. The van der Waals surface area contributed by atoms with Crippen molar-refractivity contribution in [2.75, 3.05) is 37.6 Å². The van der Waals surface area contributed by atoms with Crippen LogP contribution in [0.4, 0.5) is 10.1 Å². The van der Waals surface area contributed by atoms with E-state index in [1.807, 2.05) is 54.6 Å². The Morgan fingerprint density at radius 1 is 0.853 bits per heavy atom. The summed E-state index contributed by atoms with van der Waals surface area (Å²) in [5.41, 5.74) is 3.97. The number of rotatable bonds is 7. The lowest BCUT2D eigenvalue weighted by molar-refractivity contribution is 0.261. The molecule has 1 aromatic heterocycles. The quantitative estimate of drug-likeness (QED) is 0.440. The highest BCUT2D eigenvalue weighted by Gasteiger charge is 2.18. The van der Waals surface area contributed by atoms with Gasteiger partial charge in [-0.25, -0.2) is 4.39 Å². The van der Waals surface area contributed by atoms with Crippen LogP contribution in [0.15, 0.2) is 83.7 Å². The summed E-state index contributed by atoms with van der Waals surface area (Å²) in [5.74, 6) is 0.487. The zero-order valence-corrected chi connectivity index (χ0v) is 19.0. The molecule has 0 bridgehead atoms. The number of aromatic nitrogens is 1. The molecule has 5 rings (SSSR count). The minimum absolute atomic E-state index is 0.133. The lowest BCUT2D eigenvalue weighted by atomic mass is 10.0. The number of piperazine rings is 1. The number of benzene rings is 3. The maximum Gasteiger partial charge on any atom is 0.248 e. The lowest BCUT2D eigenvalue weighted by Crippen LogP contribution is -2.47. The highest BCUT2D eigenvalue weighted by Crippen LogP contribution is 2.27. The van der Waals surface area contributed by atoms with Crippen LogP contribution in [-0.2, 0) is 13.0 Å². The molecule has 1 aliphatic heterocycles. The normalized spacial score (nSPS) is 14.4. The predicted molar refractivity (Wildman–Crippen MR) is 134 cm³/mol. The van der Waals surface area contributed by atoms with E-state index < -0.39 is 0 Å². The van der Waals surface area contributed by atoms with Crippen LogP contribution < -0.4 is 15.2 Å². The fourth-order valence-corrected chi connectivity index (χ4v) is 4.52.